The molecule has 7 heteroatoms. The molecule has 160 valence electrons. The molecular formula is C24H22BrNO4S. The van der Waals surface area contributed by atoms with Gasteiger partial charge in [0, 0.05) is 11.3 Å². The molecule has 0 spiro atoms. The summed E-state index contributed by atoms with van der Waals surface area (Å²) in [5, 5.41) is 14.0. The standard InChI is InChI=1S/C24H22BrNO4S/c25-20-8-2-3-9-22(20)30-18-13-11-17(12-14-18)16-21(24(28)29)26-23(27)10-4-1-6-19-7-5-15-31-19/h2-3,5,7-9,11-16H,1,4,6,10H2,(H,26,27)(H,28,29)/b21-16+. The number of hydrogen-bond donors (Lipinski definition) is 2. The van der Waals surface area contributed by atoms with E-state index >= 15 is 0 Å². The molecule has 0 bridgehead atoms. The molecule has 0 aliphatic heterocycles. The van der Waals surface area contributed by atoms with Crippen LogP contribution in [0.2, 0.25) is 0 Å². The molecule has 0 saturated carbocycles. The topological polar surface area (TPSA) is 75.6 Å². The summed E-state index contributed by atoms with van der Waals surface area (Å²) in [6.07, 6.45) is 4.25. The first-order valence-corrected chi connectivity index (χ1v) is 11.5. The molecule has 0 aliphatic rings. The minimum atomic E-state index is -1.18. The zero-order valence-corrected chi connectivity index (χ0v) is 19.1. The molecular weight excluding hydrogens is 478 g/mol. The van der Waals surface area contributed by atoms with Gasteiger partial charge < -0.3 is 15.2 Å². The van der Waals surface area contributed by atoms with E-state index in [0.29, 0.717) is 23.5 Å². The van der Waals surface area contributed by atoms with Gasteiger partial charge >= 0.3 is 5.97 Å². The van der Waals surface area contributed by atoms with Crippen molar-refractivity contribution in [1.29, 1.82) is 0 Å². The summed E-state index contributed by atoms with van der Waals surface area (Å²) in [6.45, 7) is 0. The van der Waals surface area contributed by atoms with Crippen molar-refractivity contribution in [2.24, 2.45) is 0 Å². The van der Waals surface area contributed by atoms with Crippen LogP contribution >= 0.6 is 27.3 Å². The lowest BCUT2D eigenvalue weighted by Crippen LogP contribution is -2.26. The summed E-state index contributed by atoms with van der Waals surface area (Å²) < 4.78 is 6.65. The Morgan fingerprint density at radius 3 is 2.48 bits per heavy atom. The van der Waals surface area contributed by atoms with Crippen molar-refractivity contribution >= 4 is 45.2 Å². The number of rotatable bonds is 10. The van der Waals surface area contributed by atoms with Crippen molar-refractivity contribution in [2.75, 3.05) is 0 Å². The van der Waals surface area contributed by atoms with Gasteiger partial charge in [-0.1, -0.05) is 30.3 Å². The number of carbonyl (C=O) groups is 2. The molecule has 5 nitrogen and oxygen atoms in total. The van der Waals surface area contributed by atoms with Crippen LogP contribution < -0.4 is 10.1 Å². The Kier molecular flexibility index (Phi) is 8.44. The second-order valence-electron chi connectivity index (χ2n) is 6.80. The third kappa shape index (κ3) is 7.38. The maximum absolute atomic E-state index is 12.2. The van der Waals surface area contributed by atoms with Gasteiger partial charge in [0.1, 0.15) is 17.2 Å². The van der Waals surface area contributed by atoms with Gasteiger partial charge in [0.05, 0.1) is 4.47 Å². The number of ether oxygens (including phenoxy) is 1. The molecule has 0 aliphatic carbocycles. The van der Waals surface area contributed by atoms with E-state index < -0.39 is 5.97 Å². The van der Waals surface area contributed by atoms with Gasteiger partial charge in [0.25, 0.3) is 0 Å². The van der Waals surface area contributed by atoms with Crippen LogP contribution in [0.4, 0.5) is 0 Å². The van der Waals surface area contributed by atoms with Gasteiger partial charge in [-0.3, -0.25) is 4.79 Å². The van der Waals surface area contributed by atoms with Crippen LogP contribution in [0.25, 0.3) is 6.08 Å². The minimum absolute atomic E-state index is 0.150. The molecule has 1 aromatic heterocycles. The summed E-state index contributed by atoms with van der Waals surface area (Å²) in [5.74, 6) is -0.173. The van der Waals surface area contributed by atoms with E-state index in [-0.39, 0.29) is 18.0 Å². The third-order valence-corrected chi connectivity index (χ3v) is 6.01. The Hall–Kier alpha value is -2.90. The zero-order valence-electron chi connectivity index (χ0n) is 16.7. The lowest BCUT2D eigenvalue weighted by atomic mass is 10.1. The smallest absolute Gasteiger partial charge is 0.352 e. The maximum atomic E-state index is 12.2. The number of unbranched alkanes of at least 4 members (excludes halogenated alkanes) is 1. The highest BCUT2D eigenvalue weighted by molar-refractivity contribution is 9.10. The number of carbonyl (C=O) groups excluding carboxylic acids is 1. The summed E-state index contributed by atoms with van der Waals surface area (Å²) >= 11 is 5.13. The van der Waals surface area contributed by atoms with E-state index in [9.17, 15) is 14.7 Å². The molecule has 1 amide bonds. The number of carboxylic acid groups (broad SMARTS) is 1. The number of aliphatic carboxylic acids is 1. The fourth-order valence-electron chi connectivity index (χ4n) is 2.86. The minimum Gasteiger partial charge on any atom is -0.477 e. The summed E-state index contributed by atoms with van der Waals surface area (Å²) in [4.78, 5) is 25.0. The Morgan fingerprint density at radius 1 is 1.03 bits per heavy atom. The number of thiophene rings is 1. The molecule has 31 heavy (non-hydrogen) atoms. The quantitative estimate of drug-likeness (QED) is 0.255. The van der Waals surface area contributed by atoms with Crippen LogP contribution in [0, 0.1) is 0 Å². The van der Waals surface area contributed by atoms with Gasteiger partial charge in [-0.2, -0.15) is 0 Å². The second-order valence-corrected chi connectivity index (χ2v) is 8.69. The summed E-state index contributed by atoms with van der Waals surface area (Å²) in [5.41, 5.74) is 0.498. The van der Waals surface area contributed by atoms with Crippen molar-refractivity contribution in [3.63, 3.8) is 0 Å². The van der Waals surface area contributed by atoms with Crippen molar-refractivity contribution in [2.45, 2.75) is 25.7 Å². The largest absolute Gasteiger partial charge is 0.477 e. The number of para-hydroxylation sites is 1. The first kappa shape index (κ1) is 22.8. The second kappa shape index (κ2) is 11.5. The van der Waals surface area contributed by atoms with E-state index in [2.05, 4.69) is 27.3 Å². The van der Waals surface area contributed by atoms with Gasteiger partial charge in [0.15, 0.2) is 0 Å². The van der Waals surface area contributed by atoms with Crippen LogP contribution in [0.15, 0.2) is 76.2 Å². The van der Waals surface area contributed by atoms with Crippen LogP contribution in [0.5, 0.6) is 11.5 Å². The van der Waals surface area contributed by atoms with Crippen molar-refractivity contribution in [3.05, 3.63) is 86.7 Å². The SMILES string of the molecule is O=C(CCCCc1cccs1)N/C(=C/c1ccc(Oc2ccccc2Br)cc1)C(=O)O. The number of nitrogens with one attached hydrogen (secondary N) is 1. The summed E-state index contributed by atoms with van der Waals surface area (Å²) in [7, 11) is 0. The number of halogens is 1. The predicted molar refractivity (Wildman–Crippen MR) is 126 cm³/mol. The molecule has 2 N–H and O–H groups in total. The van der Waals surface area contributed by atoms with E-state index in [4.69, 9.17) is 4.74 Å². The van der Waals surface area contributed by atoms with Gasteiger partial charge in [0.2, 0.25) is 5.91 Å². The Morgan fingerprint density at radius 2 is 1.81 bits per heavy atom. The molecule has 0 fully saturated rings. The third-order valence-electron chi connectivity index (χ3n) is 4.42. The van der Waals surface area contributed by atoms with E-state index in [1.54, 1.807) is 35.6 Å². The van der Waals surface area contributed by atoms with Crippen LogP contribution in [-0.4, -0.2) is 17.0 Å². The fourth-order valence-corrected chi connectivity index (χ4v) is 3.97. The Labute approximate surface area is 193 Å². The molecule has 1 heterocycles. The van der Waals surface area contributed by atoms with Crippen LogP contribution in [0.3, 0.4) is 0 Å². The summed E-state index contributed by atoms with van der Waals surface area (Å²) in [6, 6.07) is 18.6. The fraction of sp³-hybridized carbons (Fsp3) is 0.167. The highest BCUT2D eigenvalue weighted by atomic mass is 79.9. The normalized spacial score (nSPS) is 11.2. The zero-order chi connectivity index (χ0) is 22.1. The van der Waals surface area contributed by atoms with Crippen molar-refractivity contribution in [1.82, 2.24) is 5.32 Å². The lowest BCUT2D eigenvalue weighted by molar-refractivity contribution is -0.134. The molecule has 0 unspecified atom stereocenters. The average Bonchev–Trinajstić information content (AvgIpc) is 3.27. The average molecular weight is 500 g/mol. The van der Waals surface area contributed by atoms with Crippen LogP contribution in [-0.2, 0) is 16.0 Å². The molecule has 3 rings (SSSR count). The van der Waals surface area contributed by atoms with Gasteiger partial charge in [-0.25, -0.2) is 4.79 Å². The molecule has 3 aromatic rings. The number of hydrogen-bond acceptors (Lipinski definition) is 4. The van der Waals surface area contributed by atoms with E-state index in [1.165, 1.54) is 11.0 Å². The predicted octanol–water partition coefficient (Wildman–Crippen LogP) is 6.26. The highest BCUT2D eigenvalue weighted by Crippen LogP contribution is 2.29. The first-order valence-electron chi connectivity index (χ1n) is 9.81. The highest BCUT2D eigenvalue weighted by Gasteiger charge is 2.12. The molecule has 0 atom stereocenters. The van der Waals surface area contributed by atoms with E-state index in [1.807, 2.05) is 35.7 Å². The monoisotopic (exact) mass is 499 g/mol. The van der Waals surface area contributed by atoms with Crippen molar-refractivity contribution < 1.29 is 19.4 Å². The van der Waals surface area contributed by atoms with Gasteiger partial charge in [-0.05, 0) is 82.5 Å². The van der Waals surface area contributed by atoms with E-state index in [0.717, 1.165) is 17.3 Å². The van der Waals surface area contributed by atoms with Gasteiger partial charge in [-0.15, -0.1) is 11.3 Å². The molecule has 0 saturated heterocycles. The number of amides is 1. The Bertz CT molecular complexity index is 1050. The lowest BCUT2D eigenvalue weighted by Gasteiger charge is -2.08. The number of carboxylic acids is 1. The molecule has 2 aromatic carbocycles. The molecule has 0 radical (unpaired) electrons. The number of aryl methyl sites for hydroxylation is 1. The first-order chi connectivity index (χ1) is 15.0. The maximum Gasteiger partial charge on any atom is 0.352 e. The van der Waals surface area contributed by atoms with Crippen LogP contribution in [0.1, 0.15) is 29.7 Å². The number of benzene rings is 2. The Balaban J connectivity index is 1.55. The van der Waals surface area contributed by atoms with Crippen molar-refractivity contribution in [3.8, 4) is 11.5 Å².